The highest BCUT2D eigenvalue weighted by Crippen LogP contribution is 2.32. The first-order chi connectivity index (χ1) is 11.8. The predicted molar refractivity (Wildman–Crippen MR) is 102 cm³/mol. The van der Waals surface area contributed by atoms with Gasteiger partial charge in [0.1, 0.15) is 18.8 Å². The fraction of sp³-hybridized carbons (Fsp3) is 0.190. The second-order valence-electron chi connectivity index (χ2n) is 6.20. The van der Waals surface area contributed by atoms with Crippen LogP contribution in [0.25, 0.3) is 10.8 Å². The van der Waals surface area contributed by atoms with Crippen LogP contribution in [0, 0.1) is 0 Å². The van der Waals surface area contributed by atoms with Gasteiger partial charge in [-0.05, 0) is 44.9 Å². The summed E-state index contributed by atoms with van der Waals surface area (Å²) in [6.45, 7) is 2.05. The Bertz CT molecular complexity index is 937. The fourth-order valence-electron chi connectivity index (χ4n) is 3.57. The molecule has 1 aliphatic heterocycles. The van der Waals surface area contributed by atoms with Crippen LogP contribution in [-0.4, -0.2) is 28.5 Å². The molecule has 1 saturated heterocycles. The first-order valence-electron chi connectivity index (χ1n) is 8.33. The Balaban J connectivity index is 2.08. The molecule has 0 bridgehead atoms. The summed E-state index contributed by atoms with van der Waals surface area (Å²) in [6.07, 6.45) is 2.39. The Morgan fingerprint density at radius 2 is 1.58 bits per heavy atom. The molecule has 0 spiro atoms. The van der Waals surface area contributed by atoms with E-state index in [2.05, 4.69) is 50.8 Å². The molecule has 1 fully saturated rings. The largest absolute Gasteiger partial charge is 0.507 e. The maximum absolute atomic E-state index is 10.7. The van der Waals surface area contributed by atoms with Gasteiger partial charge < -0.3 is 5.11 Å². The van der Waals surface area contributed by atoms with E-state index < -0.39 is 0 Å². The van der Waals surface area contributed by atoms with E-state index in [1.54, 1.807) is 0 Å². The molecule has 3 aromatic rings. The van der Waals surface area contributed by atoms with E-state index in [1.165, 1.54) is 12.8 Å². The van der Waals surface area contributed by atoms with Crippen LogP contribution < -0.4 is 0 Å². The number of hydrogen-bond donors (Lipinski definition) is 1. The summed E-state index contributed by atoms with van der Waals surface area (Å²) in [7, 11) is 0. The zero-order valence-corrected chi connectivity index (χ0v) is 15.0. The quantitative estimate of drug-likeness (QED) is 0.624. The standard InChI is InChI=1S/C21H18BrNO/c22-18-10-4-3-9-17(18)21(23-13-5-6-14-23)20-16-8-2-1-7-15(16)11-12-19(20)24/h1-4,7-12H,5-6,13-14H2/p+1. The molecule has 0 amide bonds. The summed E-state index contributed by atoms with van der Waals surface area (Å²) in [5.41, 5.74) is 3.18. The molecule has 120 valence electrons. The number of phenolic OH excluding ortho intramolecular Hbond substituents is 1. The van der Waals surface area contributed by atoms with Crippen molar-refractivity contribution in [2.45, 2.75) is 12.8 Å². The highest BCUT2D eigenvalue weighted by Gasteiger charge is 2.28. The lowest BCUT2D eigenvalue weighted by Crippen LogP contribution is -2.21. The molecule has 3 heteroatoms. The van der Waals surface area contributed by atoms with E-state index in [9.17, 15) is 5.11 Å². The van der Waals surface area contributed by atoms with Crippen LogP contribution in [0.15, 0.2) is 65.1 Å². The van der Waals surface area contributed by atoms with Gasteiger partial charge >= 0.3 is 0 Å². The predicted octanol–water partition coefficient (Wildman–Crippen LogP) is 4.95. The number of hydrogen-bond acceptors (Lipinski definition) is 1. The van der Waals surface area contributed by atoms with Crippen LogP contribution in [0.2, 0.25) is 0 Å². The van der Waals surface area contributed by atoms with Crippen LogP contribution in [0.3, 0.4) is 0 Å². The Labute approximate surface area is 150 Å². The number of benzene rings is 3. The minimum atomic E-state index is 0.339. The molecule has 24 heavy (non-hydrogen) atoms. The van der Waals surface area contributed by atoms with Crippen molar-refractivity contribution >= 4 is 32.4 Å². The third-order valence-corrected chi connectivity index (χ3v) is 5.39. The molecule has 4 rings (SSSR count). The van der Waals surface area contributed by atoms with Crippen molar-refractivity contribution in [2.24, 2.45) is 0 Å². The average Bonchev–Trinajstić information content (AvgIpc) is 3.13. The van der Waals surface area contributed by atoms with Crippen molar-refractivity contribution in [3.63, 3.8) is 0 Å². The molecule has 0 radical (unpaired) electrons. The second-order valence-corrected chi connectivity index (χ2v) is 7.06. The fourth-order valence-corrected chi connectivity index (χ4v) is 4.04. The molecule has 0 saturated carbocycles. The van der Waals surface area contributed by atoms with Gasteiger partial charge in [0.05, 0.1) is 11.1 Å². The number of fused-ring (bicyclic) bond motifs is 1. The molecular formula is C21H19BrNO+. The van der Waals surface area contributed by atoms with E-state index in [0.29, 0.717) is 5.75 Å². The zero-order valence-electron chi connectivity index (χ0n) is 13.4. The lowest BCUT2D eigenvalue weighted by atomic mass is 9.95. The lowest BCUT2D eigenvalue weighted by Gasteiger charge is -2.13. The molecule has 2 nitrogen and oxygen atoms in total. The molecule has 0 aliphatic carbocycles. The summed E-state index contributed by atoms with van der Waals surface area (Å²) in [5, 5.41) is 13.0. The minimum Gasteiger partial charge on any atom is -0.507 e. The summed E-state index contributed by atoms with van der Waals surface area (Å²) in [6, 6.07) is 20.3. The van der Waals surface area contributed by atoms with Crippen molar-refractivity contribution in [1.29, 1.82) is 0 Å². The molecular weight excluding hydrogens is 362 g/mol. The third-order valence-electron chi connectivity index (χ3n) is 4.70. The van der Waals surface area contributed by atoms with E-state index >= 15 is 0 Å². The summed E-state index contributed by atoms with van der Waals surface area (Å²) >= 11 is 3.70. The van der Waals surface area contributed by atoms with Gasteiger partial charge in [-0.2, -0.15) is 0 Å². The third kappa shape index (κ3) is 2.63. The maximum Gasteiger partial charge on any atom is 0.220 e. The summed E-state index contributed by atoms with van der Waals surface area (Å²) in [4.78, 5) is 0. The molecule has 0 aromatic heterocycles. The normalized spacial score (nSPS) is 14.3. The average molecular weight is 381 g/mol. The molecule has 1 heterocycles. The van der Waals surface area contributed by atoms with Gasteiger partial charge in [0.2, 0.25) is 5.71 Å². The highest BCUT2D eigenvalue weighted by atomic mass is 79.9. The first-order valence-corrected chi connectivity index (χ1v) is 9.13. The van der Waals surface area contributed by atoms with E-state index in [0.717, 1.165) is 45.2 Å². The van der Waals surface area contributed by atoms with Crippen LogP contribution in [0.4, 0.5) is 0 Å². The number of rotatable bonds is 2. The Kier molecular flexibility index (Phi) is 4.11. The van der Waals surface area contributed by atoms with Crippen molar-refractivity contribution < 1.29 is 9.68 Å². The number of nitrogens with zero attached hydrogens (tertiary/aromatic N) is 1. The summed E-state index contributed by atoms with van der Waals surface area (Å²) < 4.78 is 3.46. The number of phenols is 1. The van der Waals surface area contributed by atoms with Crippen molar-refractivity contribution in [2.75, 3.05) is 13.1 Å². The van der Waals surface area contributed by atoms with E-state index in [1.807, 2.05) is 30.3 Å². The van der Waals surface area contributed by atoms with Gasteiger partial charge in [-0.1, -0.05) is 42.5 Å². The molecule has 3 aromatic carbocycles. The second kappa shape index (κ2) is 6.40. The number of halogens is 1. The Morgan fingerprint density at radius 1 is 0.875 bits per heavy atom. The van der Waals surface area contributed by atoms with E-state index in [4.69, 9.17) is 0 Å². The van der Waals surface area contributed by atoms with Gasteiger partial charge in [0, 0.05) is 17.3 Å². The minimum absolute atomic E-state index is 0.339. The van der Waals surface area contributed by atoms with Gasteiger partial charge in [-0.15, -0.1) is 0 Å². The Hall–Kier alpha value is -2.13. The smallest absolute Gasteiger partial charge is 0.220 e. The van der Waals surface area contributed by atoms with Crippen LogP contribution in [0.1, 0.15) is 24.0 Å². The molecule has 1 N–H and O–H groups in total. The summed E-state index contributed by atoms with van der Waals surface area (Å²) in [5.74, 6) is 0.339. The van der Waals surface area contributed by atoms with Crippen LogP contribution >= 0.6 is 15.9 Å². The molecule has 1 aliphatic rings. The van der Waals surface area contributed by atoms with Gasteiger partial charge in [-0.3, -0.25) is 0 Å². The maximum atomic E-state index is 10.7. The van der Waals surface area contributed by atoms with Crippen molar-refractivity contribution in [3.05, 3.63) is 76.3 Å². The molecule has 0 atom stereocenters. The highest BCUT2D eigenvalue weighted by molar-refractivity contribution is 9.10. The Morgan fingerprint density at radius 3 is 2.38 bits per heavy atom. The van der Waals surface area contributed by atoms with Gasteiger partial charge in [0.15, 0.2) is 0 Å². The zero-order chi connectivity index (χ0) is 16.5. The van der Waals surface area contributed by atoms with Crippen LogP contribution in [0.5, 0.6) is 5.75 Å². The monoisotopic (exact) mass is 380 g/mol. The van der Waals surface area contributed by atoms with E-state index in [-0.39, 0.29) is 0 Å². The van der Waals surface area contributed by atoms with Gasteiger partial charge in [0.25, 0.3) is 0 Å². The topological polar surface area (TPSA) is 23.2 Å². The van der Waals surface area contributed by atoms with Crippen molar-refractivity contribution in [1.82, 2.24) is 0 Å². The van der Waals surface area contributed by atoms with Gasteiger partial charge in [-0.25, -0.2) is 4.58 Å². The lowest BCUT2D eigenvalue weighted by molar-refractivity contribution is -0.505. The SMILES string of the molecule is Oc1ccc2ccccc2c1C(c1ccccc1Br)=[N+]1CCCC1. The number of aromatic hydroxyl groups is 1. The van der Waals surface area contributed by atoms with Crippen LogP contribution in [-0.2, 0) is 0 Å². The molecule has 0 unspecified atom stereocenters. The first kappa shape index (κ1) is 15.4. The van der Waals surface area contributed by atoms with Crippen molar-refractivity contribution in [3.8, 4) is 5.75 Å².